The second-order valence-corrected chi connectivity index (χ2v) is 24.6. The molecule has 7 heteroatoms. The number of hydrogen-bond acceptors (Lipinski definition) is 7. The van der Waals surface area contributed by atoms with Crippen LogP contribution in [0.25, 0.3) is 11.1 Å². The van der Waals surface area contributed by atoms with Gasteiger partial charge in [-0.2, -0.15) is 0 Å². The van der Waals surface area contributed by atoms with E-state index in [0.717, 1.165) is 55.2 Å². The molecule has 0 fully saturated rings. The van der Waals surface area contributed by atoms with E-state index < -0.39 is 5.97 Å². The third-order valence-electron chi connectivity index (χ3n) is 16.9. The highest BCUT2D eigenvalue weighted by atomic mass is 16.5. The van der Waals surface area contributed by atoms with Crippen LogP contribution in [0.3, 0.4) is 0 Å². The summed E-state index contributed by atoms with van der Waals surface area (Å²) in [6, 6.07) is 18.6. The van der Waals surface area contributed by atoms with Crippen molar-refractivity contribution in [3.05, 3.63) is 77.4 Å². The molecule has 0 spiro atoms. The van der Waals surface area contributed by atoms with Crippen molar-refractivity contribution in [3.63, 3.8) is 0 Å². The molecule has 0 amide bonds. The minimum absolute atomic E-state index is 0.0754. The van der Waals surface area contributed by atoms with Crippen LogP contribution in [0, 0.1) is 0 Å². The Morgan fingerprint density at radius 3 is 0.952 bits per heavy atom. The lowest BCUT2D eigenvalue weighted by Gasteiger charge is -2.19. The van der Waals surface area contributed by atoms with Gasteiger partial charge >= 0.3 is 11.9 Å². The molecule has 0 unspecified atom stereocenters. The van der Waals surface area contributed by atoms with E-state index in [2.05, 4.69) is 20.8 Å². The molecule has 3 aromatic carbocycles. The lowest BCUT2D eigenvalue weighted by Crippen LogP contribution is -2.09. The molecule has 0 aliphatic heterocycles. The van der Waals surface area contributed by atoms with E-state index in [0.29, 0.717) is 48.2 Å². The van der Waals surface area contributed by atoms with Crippen LogP contribution in [0.4, 0.5) is 0 Å². The fourth-order valence-electron chi connectivity index (χ4n) is 11.5. The zero-order valence-electron chi connectivity index (χ0n) is 54.4. The Balaban J connectivity index is 1.59. The molecule has 0 atom stereocenters. The normalized spacial score (nSPS) is 11.3. The maximum absolute atomic E-state index is 13.6. The van der Waals surface area contributed by atoms with E-state index in [1.165, 1.54) is 277 Å². The van der Waals surface area contributed by atoms with Crippen molar-refractivity contribution in [2.75, 3.05) is 26.9 Å². The van der Waals surface area contributed by atoms with Gasteiger partial charge in [0.25, 0.3) is 0 Å². The van der Waals surface area contributed by atoms with Gasteiger partial charge in [-0.1, -0.05) is 334 Å². The predicted molar refractivity (Wildman–Crippen MR) is 354 cm³/mol. The largest absolute Gasteiger partial charge is 0.490 e. The fourth-order valence-corrected chi connectivity index (χ4v) is 11.5. The molecule has 0 N–H and O–H groups in total. The predicted octanol–water partition coefficient (Wildman–Crippen LogP) is 24.4. The van der Waals surface area contributed by atoms with Crippen LogP contribution in [0.15, 0.2) is 60.7 Å². The molecule has 0 aliphatic rings. The van der Waals surface area contributed by atoms with E-state index in [4.69, 9.17) is 23.7 Å². The lowest BCUT2D eigenvalue weighted by atomic mass is 10.0. The maximum atomic E-state index is 13.6. The fraction of sp³-hybridized carbons (Fsp3) is 0.737. The second-order valence-electron chi connectivity index (χ2n) is 24.6. The Labute approximate surface area is 511 Å². The first-order valence-electron chi connectivity index (χ1n) is 35.5. The molecule has 3 rings (SSSR count). The topological polar surface area (TPSA) is 80.3 Å². The highest BCUT2D eigenvalue weighted by Crippen LogP contribution is 2.40. The van der Waals surface area contributed by atoms with Crippen molar-refractivity contribution in [1.29, 1.82) is 0 Å². The zero-order valence-corrected chi connectivity index (χ0v) is 54.4. The van der Waals surface area contributed by atoms with Crippen LogP contribution >= 0.6 is 0 Å². The summed E-state index contributed by atoms with van der Waals surface area (Å²) in [5.41, 5.74) is 3.50. The molecule has 0 aliphatic carbocycles. The molecular formula is C76H126O7. The average molecular weight is 1150 g/mol. The van der Waals surface area contributed by atoms with Crippen LogP contribution in [-0.2, 0) is 16.1 Å². The van der Waals surface area contributed by atoms with Gasteiger partial charge in [-0.3, -0.25) is 0 Å². The molecule has 83 heavy (non-hydrogen) atoms. The van der Waals surface area contributed by atoms with Crippen LogP contribution < -0.4 is 14.2 Å². The molecule has 0 saturated heterocycles. The van der Waals surface area contributed by atoms with Gasteiger partial charge < -0.3 is 23.7 Å². The third-order valence-corrected chi connectivity index (χ3v) is 16.9. The van der Waals surface area contributed by atoms with Gasteiger partial charge in [0.15, 0.2) is 11.5 Å². The van der Waals surface area contributed by atoms with Gasteiger partial charge in [0.2, 0.25) is 5.75 Å². The monoisotopic (exact) mass is 1150 g/mol. The number of rotatable bonds is 59. The smallest absolute Gasteiger partial charge is 0.338 e. The molecule has 472 valence electrons. The SMILES string of the molecule is CCCCCCCCCCCCCCCCCCOc1cc(COC(=O)c2ccc(-c3cccc(C(=O)OC)c3)cc2)cc(OCCCCCCCCCCCCCCCCCC)c1OCCCCCCCCCCCCCCCCCC. The van der Waals surface area contributed by atoms with Crippen LogP contribution in [-0.4, -0.2) is 38.9 Å². The number of carbonyl (C=O) groups excluding carboxylic acids is 2. The van der Waals surface area contributed by atoms with Gasteiger partial charge in [-0.25, -0.2) is 9.59 Å². The van der Waals surface area contributed by atoms with Crippen LogP contribution in [0.5, 0.6) is 17.2 Å². The number of esters is 2. The number of ether oxygens (including phenoxy) is 5. The number of carbonyl (C=O) groups is 2. The van der Waals surface area contributed by atoms with Gasteiger partial charge in [-0.15, -0.1) is 0 Å². The van der Waals surface area contributed by atoms with E-state index in [1.807, 2.05) is 36.4 Å². The zero-order chi connectivity index (χ0) is 59.1. The molecule has 3 aromatic rings. The Bertz CT molecular complexity index is 1900. The summed E-state index contributed by atoms with van der Waals surface area (Å²) in [7, 11) is 1.38. The first-order valence-corrected chi connectivity index (χ1v) is 35.5. The highest BCUT2D eigenvalue weighted by Gasteiger charge is 2.18. The van der Waals surface area contributed by atoms with Crippen molar-refractivity contribution in [1.82, 2.24) is 0 Å². The quantitative estimate of drug-likeness (QED) is 0.0411. The van der Waals surface area contributed by atoms with Gasteiger partial charge in [-0.05, 0) is 72.4 Å². The first kappa shape index (κ1) is 73.3. The lowest BCUT2D eigenvalue weighted by molar-refractivity contribution is 0.0471. The maximum Gasteiger partial charge on any atom is 0.338 e. The molecule has 0 heterocycles. The third kappa shape index (κ3) is 38.6. The minimum atomic E-state index is -0.407. The molecule has 0 aromatic heterocycles. The Morgan fingerprint density at radius 1 is 0.313 bits per heavy atom. The summed E-state index contributed by atoms with van der Waals surface area (Å²) in [4.78, 5) is 25.8. The van der Waals surface area contributed by atoms with E-state index in [1.54, 1.807) is 24.3 Å². The van der Waals surface area contributed by atoms with Crippen LogP contribution in [0.2, 0.25) is 0 Å². The standard InChI is InChI=1S/C76H126O7/c1-5-8-11-14-17-20-23-26-29-32-35-38-41-44-47-50-60-80-72-63-67(66-83-76(78)69-58-56-68(57-59-69)70-54-53-55-71(65-70)75(77)79-4)64-73(81-61-51-48-45-42-39-36-33-30-27-24-21-18-15-12-9-6-2)74(72)82-62-52-49-46-43-40-37-34-31-28-25-22-19-16-13-10-7-3/h53-59,63-65H,5-52,60-62,66H2,1-4H3. The van der Waals surface area contributed by atoms with E-state index in [9.17, 15) is 9.59 Å². The summed E-state index contributed by atoms with van der Waals surface area (Å²) >= 11 is 0. The Hall–Kier alpha value is -4.00. The van der Waals surface area contributed by atoms with Crippen molar-refractivity contribution >= 4 is 11.9 Å². The number of benzene rings is 3. The Kier molecular flexibility index (Phi) is 47.2. The number of methoxy groups -OCH3 is 1. The van der Waals surface area contributed by atoms with Crippen molar-refractivity contribution in [3.8, 4) is 28.4 Å². The van der Waals surface area contributed by atoms with Gasteiger partial charge in [0.05, 0.1) is 38.1 Å². The minimum Gasteiger partial charge on any atom is -0.490 e. The van der Waals surface area contributed by atoms with Crippen molar-refractivity contribution in [2.45, 2.75) is 336 Å². The second kappa shape index (κ2) is 53.5. The summed E-state index contributed by atoms with van der Waals surface area (Å²) < 4.78 is 30.9. The summed E-state index contributed by atoms with van der Waals surface area (Å²) in [5.74, 6) is 1.24. The molecule has 0 saturated carbocycles. The number of hydrogen-bond donors (Lipinski definition) is 0. The average Bonchev–Trinajstić information content (AvgIpc) is 3.59. The summed E-state index contributed by atoms with van der Waals surface area (Å²) in [6.45, 7) is 8.78. The number of unbranched alkanes of at least 4 members (excludes halogenated alkanes) is 45. The van der Waals surface area contributed by atoms with Crippen molar-refractivity contribution < 1.29 is 33.3 Å². The van der Waals surface area contributed by atoms with E-state index >= 15 is 0 Å². The van der Waals surface area contributed by atoms with Gasteiger partial charge in [0.1, 0.15) is 6.61 Å². The Morgan fingerprint density at radius 2 is 0.627 bits per heavy atom. The van der Waals surface area contributed by atoms with E-state index in [-0.39, 0.29) is 12.6 Å². The van der Waals surface area contributed by atoms with Crippen LogP contribution in [0.1, 0.15) is 355 Å². The van der Waals surface area contributed by atoms with Crippen molar-refractivity contribution in [2.24, 2.45) is 0 Å². The molecule has 7 nitrogen and oxygen atoms in total. The summed E-state index contributed by atoms with van der Waals surface area (Å²) in [5, 5.41) is 0. The summed E-state index contributed by atoms with van der Waals surface area (Å²) in [6.07, 6.45) is 63.9. The highest BCUT2D eigenvalue weighted by molar-refractivity contribution is 5.92. The molecular weight excluding hydrogens is 1020 g/mol. The molecule has 0 bridgehead atoms. The van der Waals surface area contributed by atoms with Gasteiger partial charge in [0, 0.05) is 0 Å². The molecule has 0 radical (unpaired) electrons. The first-order chi connectivity index (χ1) is 41.0.